The van der Waals surface area contributed by atoms with Crippen molar-refractivity contribution in [3.05, 3.63) is 46.3 Å². The number of anilines is 1. The molecule has 1 aliphatic rings. The molecule has 6 nitrogen and oxygen atoms in total. The van der Waals surface area contributed by atoms with Gasteiger partial charge >= 0.3 is 0 Å². The number of thioether (sulfide) groups is 1. The lowest BCUT2D eigenvalue weighted by Crippen LogP contribution is -2.14. The Labute approximate surface area is 174 Å². The minimum absolute atomic E-state index is 0.149. The fourth-order valence-corrected chi connectivity index (χ4v) is 5.85. The van der Waals surface area contributed by atoms with E-state index >= 15 is 0 Å². The molecule has 3 heterocycles. The molecule has 1 amide bonds. The number of benzene rings is 1. The van der Waals surface area contributed by atoms with Crippen LogP contribution in [0.1, 0.15) is 29.1 Å². The third-order valence-electron chi connectivity index (χ3n) is 5.04. The van der Waals surface area contributed by atoms with Crippen LogP contribution in [0.5, 0.6) is 0 Å². The normalized spacial score (nSPS) is 13.7. The van der Waals surface area contributed by atoms with Crippen molar-refractivity contribution in [2.24, 2.45) is 0 Å². The SMILES string of the molecule is Cc1nc2sc3c(c2c2nnc(SCC(=O)Nc4cccc(F)c4)n12)CCCC3. The van der Waals surface area contributed by atoms with Gasteiger partial charge < -0.3 is 5.32 Å². The molecule has 5 rings (SSSR count). The number of rotatable bonds is 4. The summed E-state index contributed by atoms with van der Waals surface area (Å²) in [5.74, 6) is 0.348. The van der Waals surface area contributed by atoms with Gasteiger partial charge in [0.15, 0.2) is 10.8 Å². The van der Waals surface area contributed by atoms with Gasteiger partial charge in [0.25, 0.3) is 0 Å². The van der Waals surface area contributed by atoms with Crippen molar-refractivity contribution in [2.45, 2.75) is 37.8 Å². The van der Waals surface area contributed by atoms with Gasteiger partial charge in [-0.15, -0.1) is 21.5 Å². The van der Waals surface area contributed by atoms with E-state index in [2.05, 4.69) is 15.5 Å². The third kappa shape index (κ3) is 3.38. The third-order valence-corrected chi connectivity index (χ3v) is 7.15. The van der Waals surface area contributed by atoms with E-state index in [-0.39, 0.29) is 17.5 Å². The molecule has 1 aliphatic carbocycles. The number of aromatic nitrogens is 4. The van der Waals surface area contributed by atoms with Crippen LogP contribution in [0.4, 0.5) is 10.1 Å². The fourth-order valence-electron chi connectivity index (χ4n) is 3.77. The van der Waals surface area contributed by atoms with Crippen molar-refractivity contribution in [3.8, 4) is 0 Å². The first-order chi connectivity index (χ1) is 14.1. The molecule has 4 aromatic rings. The smallest absolute Gasteiger partial charge is 0.234 e. The van der Waals surface area contributed by atoms with Crippen molar-refractivity contribution >= 4 is 50.6 Å². The van der Waals surface area contributed by atoms with Gasteiger partial charge in [-0.25, -0.2) is 9.37 Å². The largest absolute Gasteiger partial charge is 0.325 e. The summed E-state index contributed by atoms with van der Waals surface area (Å²) in [4.78, 5) is 19.5. The number of thiophene rings is 1. The molecule has 1 aromatic carbocycles. The van der Waals surface area contributed by atoms with Gasteiger partial charge in [-0.2, -0.15) is 0 Å². The number of hydrogen-bond donors (Lipinski definition) is 1. The number of halogens is 1. The Morgan fingerprint density at radius 3 is 3.03 bits per heavy atom. The lowest BCUT2D eigenvalue weighted by atomic mass is 9.97. The first kappa shape index (κ1) is 18.5. The second-order valence-corrected chi connectivity index (χ2v) is 9.06. The monoisotopic (exact) mass is 427 g/mol. The quantitative estimate of drug-likeness (QED) is 0.489. The van der Waals surface area contributed by atoms with Crippen LogP contribution >= 0.6 is 23.1 Å². The summed E-state index contributed by atoms with van der Waals surface area (Å²) in [6.45, 7) is 1.94. The molecular formula is C20H18FN5OS2. The highest BCUT2D eigenvalue weighted by atomic mass is 32.2. The van der Waals surface area contributed by atoms with E-state index in [0.29, 0.717) is 10.8 Å². The predicted octanol–water partition coefficient (Wildman–Crippen LogP) is 4.40. The number of nitrogens with one attached hydrogen (secondary N) is 1. The zero-order valence-electron chi connectivity index (χ0n) is 15.7. The molecule has 3 aromatic heterocycles. The highest BCUT2D eigenvalue weighted by molar-refractivity contribution is 7.99. The van der Waals surface area contributed by atoms with Crippen LogP contribution in [0.2, 0.25) is 0 Å². The van der Waals surface area contributed by atoms with E-state index in [4.69, 9.17) is 4.98 Å². The van der Waals surface area contributed by atoms with Crippen molar-refractivity contribution < 1.29 is 9.18 Å². The number of carbonyl (C=O) groups excluding carboxylic acids is 1. The van der Waals surface area contributed by atoms with Crippen molar-refractivity contribution in [2.75, 3.05) is 11.1 Å². The first-order valence-corrected chi connectivity index (χ1v) is 11.2. The van der Waals surface area contributed by atoms with Crippen LogP contribution in [0.15, 0.2) is 29.4 Å². The Balaban J connectivity index is 1.43. The van der Waals surface area contributed by atoms with Gasteiger partial charge in [-0.05, 0) is 56.4 Å². The second kappa shape index (κ2) is 7.38. The Kier molecular flexibility index (Phi) is 4.71. The minimum atomic E-state index is -0.385. The summed E-state index contributed by atoms with van der Waals surface area (Å²) < 4.78 is 15.2. The second-order valence-electron chi connectivity index (χ2n) is 7.04. The molecule has 9 heteroatoms. The molecule has 29 heavy (non-hydrogen) atoms. The summed E-state index contributed by atoms with van der Waals surface area (Å²) in [6.07, 6.45) is 4.58. The van der Waals surface area contributed by atoms with Crippen LogP contribution < -0.4 is 5.32 Å². The standard InChI is InChI=1S/C20H18FN5OS2/c1-11-22-19-17(14-7-2-3-8-15(14)29-19)18-24-25-20(26(11)18)28-10-16(27)23-13-6-4-5-12(21)9-13/h4-6,9H,2-3,7-8,10H2,1H3,(H,23,27). The Morgan fingerprint density at radius 1 is 1.31 bits per heavy atom. The molecule has 0 aliphatic heterocycles. The van der Waals surface area contributed by atoms with E-state index in [1.54, 1.807) is 23.5 Å². The summed E-state index contributed by atoms with van der Waals surface area (Å²) in [5, 5.41) is 13.2. The molecule has 1 N–H and O–H groups in total. The van der Waals surface area contributed by atoms with Crippen LogP contribution in [-0.4, -0.2) is 31.2 Å². The Morgan fingerprint density at radius 2 is 2.17 bits per heavy atom. The average molecular weight is 428 g/mol. The molecule has 0 bridgehead atoms. The fraction of sp³-hybridized carbons (Fsp3) is 0.300. The van der Waals surface area contributed by atoms with Gasteiger partial charge in [0.2, 0.25) is 5.91 Å². The lowest BCUT2D eigenvalue weighted by molar-refractivity contribution is -0.113. The van der Waals surface area contributed by atoms with Crippen molar-refractivity contribution in [3.63, 3.8) is 0 Å². The van der Waals surface area contributed by atoms with Gasteiger partial charge in [0, 0.05) is 10.6 Å². The molecule has 0 saturated carbocycles. The van der Waals surface area contributed by atoms with Gasteiger partial charge in [0.05, 0.1) is 11.1 Å². The summed E-state index contributed by atoms with van der Waals surface area (Å²) >= 11 is 3.06. The van der Waals surface area contributed by atoms with Crippen LogP contribution in [-0.2, 0) is 17.6 Å². The molecule has 0 radical (unpaired) electrons. The first-order valence-electron chi connectivity index (χ1n) is 9.44. The number of aryl methyl sites for hydroxylation is 3. The maximum atomic E-state index is 13.3. The zero-order chi connectivity index (χ0) is 20.0. The van der Waals surface area contributed by atoms with Crippen molar-refractivity contribution in [1.29, 1.82) is 0 Å². The molecule has 0 saturated heterocycles. The summed E-state index contributed by atoms with van der Waals surface area (Å²) in [7, 11) is 0. The van der Waals surface area contributed by atoms with Crippen LogP contribution in [0.3, 0.4) is 0 Å². The van der Waals surface area contributed by atoms with Gasteiger partial charge in [-0.3, -0.25) is 9.20 Å². The van der Waals surface area contributed by atoms with Crippen molar-refractivity contribution in [1.82, 2.24) is 19.6 Å². The Hall–Kier alpha value is -2.52. The minimum Gasteiger partial charge on any atom is -0.325 e. The molecular weight excluding hydrogens is 409 g/mol. The number of hydrogen-bond acceptors (Lipinski definition) is 6. The van der Waals surface area contributed by atoms with E-state index in [1.165, 1.54) is 47.2 Å². The lowest BCUT2D eigenvalue weighted by Gasteiger charge is -2.10. The zero-order valence-corrected chi connectivity index (χ0v) is 17.4. The van der Waals surface area contributed by atoms with Crippen LogP contribution in [0.25, 0.3) is 15.9 Å². The molecule has 0 atom stereocenters. The van der Waals surface area contributed by atoms with E-state index in [0.717, 1.165) is 34.5 Å². The Bertz CT molecular complexity index is 1250. The number of carbonyl (C=O) groups is 1. The number of amides is 1. The van der Waals surface area contributed by atoms with Gasteiger partial charge in [0.1, 0.15) is 16.5 Å². The maximum Gasteiger partial charge on any atom is 0.234 e. The highest BCUT2D eigenvalue weighted by Crippen LogP contribution is 2.38. The van der Waals surface area contributed by atoms with Crippen LogP contribution in [0, 0.1) is 12.7 Å². The predicted molar refractivity (Wildman–Crippen MR) is 113 cm³/mol. The van der Waals surface area contributed by atoms with Gasteiger partial charge in [-0.1, -0.05) is 17.8 Å². The van der Waals surface area contributed by atoms with E-state index in [9.17, 15) is 9.18 Å². The summed E-state index contributed by atoms with van der Waals surface area (Å²) in [6, 6.07) is 5.85. The molecule has 0 fully saturated rings. The molecule has 0 spiro atoms. The highest BCUT2D eigenvalue weighted by Gasteiger charge is 2.22. The average Bonchev–Trinajstić information content (AvgIpc) is 3.27. The topological polar surface area (TPSA) is 72.2 Å². The molecule has 0 unspecified atom stereocenters. The van der Waals surface area contributed by atoms with E-state index < -0.39 is 0 Å². The maximum absolute atomic E-state index is 13.3. The molecule has 148 valence electrons. The summed E-state index contributed by atoms with van der Waals surface area (Å²) in [5.41, 5.74) is 2.62. The number of nitrogens with zero attached hydrogens (tertiary/aromatic N) is 4. The number of fused-ring (bicyclic) bond motifs is 5. The van der Waals surface area contributed by atoms with E-state index in [1.807, 2.05) is 11.3 Å².